The highest BCUT2D eigenvalue weighted by Gasteiger charge is 2.07. The molecule has 0 saturated carbocycles. The van der Waals surface area contributed by atoms with E-state index in [-0.39, 0.29) is 0 Å². The van der Waals surface area contributed by atoms with Crippen LogP contribution in [0, 0.1) is 6.92 Å². The number of rotatable bonds is 0. The third-order valence-electron chi connectivity index (χ3n) is 2.13. The van der Waals surface area contributed by atoms with E-state index in [9.17, 15) is 0 Å². The van der Waals surface area contributed by atoms with Crippen molar-refractivity contribution in [3.8, 4) is 0 Å². The molecule has 72 valence electrons. The van der Waals surface area contributed by atoms with Gasteiger partial charge in [-0.1, -0.05) is 35.4 Å². The first-order valence-corrected chi connectivity index (χ1v) is 6.10. The van der Waals surface area contributed by atoms with Crippen molar-refractivity contribution in [1.29, 1.82) is 0 Å². The number of hydrogen-bond acceptors (Lipinski definition) is 0. The predicted octanol–water partition coefficient (Wildman–Crippen LogP) is 5.33. The highest BCUT2D eigenvalue weighted by molar-refractivity contribution is 9.11. The molecule has 0 aliphatic carbocycles. The number of halogens is 3. The molecule has 2 aromatic rings. The lowest BCUT2D eigenvalue weighted by atomic mass is 10.1. The van der Waals surface area contributed by atoms with E-state index in [1.165, 1.54) is 10.9 Å². The van der Waals surface area contributed by atoms with Gasteiger partial charge in [-0.15, -0.1) is 0 Å². The molecule has 0 spiro atoms. The second-order valence-corrected chi connectivity index (χ2v) is 5.24. The molecule has 0 fully saturated rings. The quantitative estimate of drug-likeness (QED) is 0.572. The summed E-state index contributed by atoms with van der Waals surface area (Å²) in [5, 5.41) is 3.05. The molecule has 3 heteroatoms. The molecular formula is C11H7Br2Cl. The van der Waals surface area contributed by atoms with Gasteiger partial charge in [-0.2, -0.15) is 0 Å². The third kappa shape index (κ3) is 1.71. The minimum Gasteiger partial charge on any atom is -0.0818 e. The molecule has 0 N–H and O–H groups in total. The number of benzene rings is 2. The molecule has 14 heavy (non-hydrogen) atoms. The first kappa shape index (κ1) is 10.5. The van der Waals surface area contributed by atoms with Crippen LogP contribution in [0.15, 0.2) is 33.2 Å². The molecule has 2 aromatic carbocycles. The van der Waals surface area contributed by atoms with Crippen LogP contribution >= 0.6 is 43.5 Å². The van der Waals surface area contributed by atoms with E-state index in [2.05, 4.69) is 57.0 Å². The Labute approximate surface area is 105 Å². The van der Waals surface area contributed by atoms with Crippen LogP contribution in [0.2, 0.25) is 5.02 Å². The van der Waals surface area contributed by atoms with Crippen molar-refractivity contribution in [2.24, 2.45) is 0 Å². The fraction of sp³-hybridized carbons (Fsp3) is 0.0909. The molecule has 0 saturated heterocycles. The second-order valence-electron chi connectivity index (χ2n) is 3.21. The van der Waals surface area contributed by atoms with Gasteiger partial charge >= 0.3 is 0 Å². The van der Waals surface area contributed by atoms with Gasteiger partial charge in [0.2, 0.25) is 0 Å². The van der Waals surface area contributed by atoms with E-state index in [4.69, 9.17) is 11.6 Å². The molecule has 2 rings (SSSR count). The highest BCUT2D eigenvalue weighted by atomic mass is 79.9. The van der Waals surface area contributed by atoms with Crippen LogP contribution in [0.3, 0.4) is 0 Å². The van der Waals surface area contributed by atoms with Gasteiger partial charge < -0.3 is 0 Å². The summed E-state index contributed by atoms with van der Waals surface area (Å²) in [6.45, 7) is 2.08. The molecule has 0 unspecified atom stereocenters. The molecule has 0 atom stereocenters. The summed E-state index contributed by atoms with van der Waals surface area (Å²) in [7, 11) is 0. The molecule has 0 aliphatic heterocycles. The Hall–Kier alpha value is -0.0500. The zero-order chi connectivity index (χ0) is 10.3. The standard InChI is InChI=1S/C11H7Br2Cl/c1-6-2-3-8-7(4-6)5-9(12)11(14)10(8)13/h2-5H,1H3. The Morgan fingerprint density at radius 1 is 1.14 bits per heavy atom. The van der Waals surface area contributed by atoms with Crippen LogP contribution in [0.1, 0.15) is 5.56 Å². The van der Waals surface area contributed by atoms with Gasteiger partial charge in [-0.05, 0) is 55.6 Å². The summed E-state index contributed by atoms with van der Waals surface area (Å²) in [6.07, 6.45) is 0. The van der Waals surface area contributed by atoms with Gasteiger partial charge in [0.15, 0.2) is 0 Å². The maximum atomic E-state index is 6.10. The summed E-state index contributed by atoms with van der Waals surface area (Å²) < 4.78 is 1.87. The maximum absolute atomic E-state index is 6.10. The minimum atomic E-state index is 0.723. The van der Waals surface area contributed by atoms with E-state index >= 15 is 0 Å². The van der Waals surface area contributed by atoms with Gasteiger partial charge in [0.25, 0.3) is 0 Å². The average Bonchev–Trinajstić information content (AvgIpc) is 2.14. The zero-order valence-corrected chi connectivity index (χ0v) is 11.4. The summed E-state index contributed by atoms with van der Waals surface area (Å²) in [5.74, 6) is 0. The second kappa shape index (κ2) is 3.84. The molecule has 0 aliphatic rings. The van der Waals surface area contributed by atoms with E-state index in [0.717, 1.165) is 19.4 Å². The number of fused-ring (bicyclic) bond motifs is 1. The van der Waals surface area contributed by atoms with Crippen molar-refractivity contribution in [1.82, 2.24) is 0 Å². The Balaban J connectivity index is 2.91. The van der Waals surface area contributed by atoms with Gasteiger partial charge in [0.05, 0.1) is 5.02 Å². The normalized spacial score (nSPS) is 10.9. The van der Waals surface area contributed by atoms with Crippen LogP contribution in [0.5, 0.6) is 0 Å². The topological polar surface area (TPSA) is 0 Å². The summed E-state index contributed by atoms with van der Waals surface area (Å²) in [5.41, 5.74) is 1.25. The van der Waals surface area contributed by atoms with E-state index < -0.39 is 0 Å². The van der Waals surface area contributed by atoms with Gasteiger partial charge in [0.1, 0.15) is 0 Å². The summed E-state index contributed by atoms with van der Waals surface area (Å²) >= 11 is 13.0. The van der Waals surface area contributed by atoms with E-state index in [1.807, 2.05) is 6.07 Å². The largest absolute Gasteiger partial charge is 0.0818 e. The van der Waals surface area contributed by atoms with E-state index in [0.29, 0.717) is 0 Å². The molecule has 0 heterocycles. The fourth-order valence-corrected chi connectivity index (χ4v) is 2.87. The number of hydrogen-bond donors (Lipinski definition) is 0. The lowest BCUT2D eigenvalue weighted by Crippen LogP contribution is -1.80. The van der Waals surface area contributed by atoms with Crippen LogP contribution in [0.25, 0.3) is 10.8 Å². The van der Waals surface area contributed by atoms with Crippen molar-refractivity contribution < 1.29 is 0 Å². The van der Waals surface area contributed by atoms with Crippen LogP contribution in [-0.4, -0.2) is 0 Å². The smallest absolute Gasteiger partial charge is 0.0696 e. The average molecular weight is 334 g/mol. The van der Waals surface area contributed by atoms with Gasteiger partial charge in [-0.3, -0.25) is 0 Å². The minimum absolute atomic E-state index is 0.723. The third-order valence-corrected chi connectivity index (χ3v) is 4.43. The molecular weight excluding hydrogens is 327 g/mol. The summed E-state index contributed by atoms with van der Waals surface area (Å²) in [6, 6.07) is 8.33. The lowest BCUT2D eigenvalue weighted by molar-refractivity contribution is 1.50. The predicted molar refractivity (Wildman–Crippen MR) is 69.1 cm³/mol. The van der Waals surface area contributed by atoms with Crippen molar-refractivity contribution >= 4 is 54.2 Å². The maximum Gasteiger partial charge on any atom is 0.0696 e. The fourth-order valence-electron chi connectivity index (χ4n) is 1.42. The van der Waals surface area contributed by atoms with Crippen molar-refractivity contribution in [3.63, 3.8) is 0 Å². The monoisotopic (exact) mass is 332 g/mol. The van der Waals surface area contributed by atoms with Crippen LogP contribution in [0.4, 0.5) is 0 Å². The Morgan fingerprint density at radius 2 is 1.86 bits per heavy atom. The number of aryl methyl sites for hydroxylation is 1. The van der Waals surface area contributed by atoms with Crippen molar-refractivity contribution in [2.45, 2.75) is 6.92 Å². The van der Waals surface area contributed by atoms with Crippen LogP contribution in [-0.2, 0) is 0 Å². The first-order valence-electron chi connectivity index (χ1n) is 4.13. The molecule has 0 bridgehead atoms. The molecule has 0 aromatic heterocycles. The SMILES string of the molecule is Cc1ccc2c(Br)c(Cl)c(Br)cc2c1. The molecule has 0 radical (unpaired) electrons. The Bertz CT molecular complexity index is 506. The first-order chi connectivity index (χ1) is 6.59. The Kier molecular flexibility index (Phi) is 2.87. The lowest BCUT2D eigenvalue weighted by Gasteiger charge is -2.06. The van der Waals surface area contributed by atoms with E-state index in [1.54, 1.807) is 0 Å². The molecule has 0 amide bonds. The van der Waals surface area contributed by atoms with Gasteiger partial charge in [-0.25, -0.2) is 0 Å². The van der Waals surface area contributed by atoms with Gasteiger partial charge in [0, 0.05) is 8.95 Å². The molecule has 0 nitrogen and oxygen atoms in total. The van der Waals surface area contributed by atoms with Crippen molar-refractivity contribution in [2.75, 3.05) is 0 Å². The Morgan fingerprint density at radius 3 is 2.57 bits per heavy atom. The zero-order valence-electron chi connectivity index (χ0n) is 7.44. The van der Waals surface area contributed by atoms with Crippen molar-refractivity contribution in [3.05, 3.63) is 43.8 Å². The highest BCUT2D eigenvalue weighted by Crippen LogP contribution is 2.37. The van der Waals surface area contributed by atoms with Crippen LogP contribution < -0.4 is 0 Å². The summed E-state index contributed by atoms with van der Waals surface area (Å²) in [4.78, 5) is 0.